The SMILES string of the molecule is O=C(CBr)CCCF. The molecule has 0 aliphatic carbocycles. The summed E-state index contributed by atoms with van der Waals surface area (Å²) in [5.41, 5.74) is 0. The molecule has 48 valence electrons. The number of alkyl halides is 2. The maximum absolute atomic E-state index is 11.3. The smallest absolute Gasteiger partial charge is 0.143 e. The maximum Gasteiger partial charge on any atom is 0.143 e. The van der Waals surface area contributed by atoms with Crippen molar-refractivity contribution in [1.29, 1.82) is 0 Å². The predicted octanol–water partition coefficient (Wildman–Crippen LogP) is 1.70. The Bertz CT molecular complexity index is 74.8. The molecule has 0 aliphatic heterocycles. The molecule has 0 aromatic heterocycles. The molecule has 1 nitrogen and oxygen atoms in total. The number of hydrogen-bond acceptors (Lipinski definition) is 1. The number of Topliss-reactive ketones (excluding diaryl/α,β-unsaturated/α-hetero) is 1. The van der Waals surface area contributed by atoms with E-state index in [1.807, 2.05) is 0 Å². The van der Waals surface area contributed by atoms with E-state index in [0.29, 0.717) is 18.2 Å². The first-order chi connectivity index (χ1) is 3.81. The molecule has 0 saturated heterocycles. The third-order valence-corrected chi connectivity index (χ3v) is 1.36. The minimum atomic E-state index is -0.390. The number of halogens is 2. The first-order valence-electron chi connectivity index (χ1n) is 2.45. The lowest BCUT2D eigenvalue weighted by molar-refractivity contribution is -0.116. The van der Waals surface area contributed by atoms with E-state index in [0.717, 1.165) is 0 Å². The van der Waals surface area contributed by atoms with Gasteiger partial charge in [0.2, 0.25) is 0 Å². The monoisotopic (exact) mass is 182 g/mol. The van der Waals surface area contributed by atoms with Gasteiger partial charge in [-0.3, -0.25) is 9.18 Å². The average Bonchev–Trinajstić information content (AvgIpc) is 1.83. The van der Waals surface area contributed by atoms with Crippen LogP contribution < -0.4 is 0 Å². The first-order valence-corrected chi connectivity index (χ1v) is 3.57. The van der Waals surface area contributed by atoms with Crippen LogP contribution >= 0.6 is 15.9 Å². The molecule has 0 fully saturated rings. The molecule has 0 heterocycles. The molecule has 0 aromatic rings. The molecule has 0 bridgehead atoms. The Labute approximate surface area is 56.4 Å². The number of rotatable bonds is 4. The van der Waals surface area contributed by atoms with Gasteiger partial charge in [-0.2, -0.15) is 0 Å². The van der Waals surface area contributed by atoms with Crippen molar-refractivity contribution in [2.24, 2.45) is 0 Å². The van der Waals surface area contributed by atoms with Crippen molar-refractivity contribution >= 4 is 21.7 Å². The van der Waals surface area contributed by atoms with Gasteiger partial charge < -0.3 is 0 Å². The Morgan fingerprint density at radius 2 is 2.25 bits per heavy atom. The Balaban J connectivity index is 2.99. The Kier molecular flexibility index (Phi) is 5.27. The highest BCUT2D eigenvalue weighted by Gasteiger charge is 1.96. The molecule has 0 atom stereocenters. The van der Waals surface area contributed by atoms with Crippen LogP contribution in [0, 0.1) is 0 Å². The van der Waals surface area contributed by atoms with Crippen molar-refractivity contribution in [3.05, 3.63) is 0 Å². The zero-order chi connectivity index (χ0) is 6.41. The van der Waals surface area contributed by atoms with E-state index in [-0.39, 0.29) is 5.78 Å². The van der Waals surface area contributed by atoms with E-state index in [9.17, 15) is 9.18 Å². The molecule has 0 saturated carbocycles. The second kappa shape index (κ2) is 5.22. The summed E-state index contributed by atoms with van der Waals surface area (Å²) in [6.45, 7) is -0.390. The normalized spacial score (nSPS) is 9.25. The summed E-state index contributed by atoms with van der Waals surface area (Å²) in [5.74, 6) is 0.0719. The Morgan fingerprint density at radius 1 is 1.62 bits per heavy atom. The summed E-state index contributed by atoms with van der Waals surface area (Å²) in [7, 11) is 0. The van der Waals surface area contributed by atoms with E-state index in [4.69, 9.17) is 0 Å². The molecule has 0 amide bonds. The van der Waals surface area contributed by atoms with E-state index < -0.39 is 6.67 Å². The van der Waals surface area contributed by atoms with Gasteiger partial charge in [0.1, 0.15) is 5.78 Å². The molecule has 0 aliphatic rings. The number of carbonyl (C=O) groups is 1. The van der Waals surface area contributed by atoms with Gasteiger partial charge in [0, 0.05) is 6.42 Å². The summed E-state index contributed by atoms with van der Waals surface area (Å²) in [5, 5.41) is 0.354. The van der Waals surface area contributed by atoms with E-state index >= 15 is 0 Å². The molecule has 0 N–H and O–H groups in total. The average molecular weight is 183 g/mol. The molecule has 0 rings (SSSR count). The van der Waals surface area contributed by atoms with Crippen LogP contribution in [-0.2, 0) is 4.79 Å². The van der Waals surface area contributed by atoms with Gasteiger partial charge in [-0.25, -0.2) is 0 Å². The van der Waals surface area contributed by atoms with Gasteiger partial charge in [-0.15, -0.1) is 0 Å². The Morgan fingerprint density at radius 3 is 2.62 bits per heavy atom. The summed E-state index contributed by atoms with van der Waals surface area (Å²) >= 11 is 2.97. The number of hydrogen-bond donors (Lipinski definition) is 0. The van der Waals surface area contributed by atoms with Gasteiger partial charge >= 0.3 is 0 Å². The van der Waals surface area contributed by atoms with Gasteiger partial charge in [0.05, 0.1) is 12.0 Å². The highest BCUT2D eigenvalue weighted by atomic mass is 79.9. The highest BCUT2D eigenvalue weighted by molar-refractivity contribution is 9.09. The maximum atomic E-state index is 11.3. The molecular formula is C5H8BrFO. The van der Waals surface area contributed by atoms with Gasteiger partial charge in [0.25, 0.3) is 0 Å². The molecule has 0 spiro atoms. The van der Waals surface area contributed by atoms with Crippen molar-refractivity contribution < 1.29 is 9.18 Å². The molecule has 0 radical (unpaired) electrons. The summed E-state index contributed by atoms with van der Waals surface area (Å²) in [6, 6.07) is 0. The highest BCUT2D eigenvalue weighted by Crippen LogP contribution is 1.93. The number of carbonyl (C=O) groups excluding carboxylic acids is 1. The summed E-state index contributed by atoms with van der Waals surface area (Å²) in [4.78, 5) is 10.4. The van der Waals surface area contributed by atoms with E-state index in [1.165, 1.54) is 0 Å². The fourth-order valence-corrected chi connectivity index (χ4v) is 0.611. The molecule has 3 heteroatoms. The molecule has 0 aromatic carbocycles. The second-order valence-electron chi connectivity index (χ2n) is 1.46. The zero-order valence-electron chi connectivity index (χ0n) is 4.49. The zero-order valence-corrected chi connectivity index (χ0v) is 6.08. The van der Waals surface area contributed by atoms with Crippen molar-refractivity contribution in [2.45, 2.75) is 12.8 Å². The summed E-state index contributed by atoms with van der Waals surface area (Å²) < 4.78 is 11.3. The predicted molar refractivity (Wildman–Crippen MR) is 34.0 cm³/mol. The van der Waals surface area contributed by atoms with Crippen LogP contribution in [0.4, 0.5) is 4.39 Å². The second-order valence-corrected chi connectivity index (χ2v) is 2.03. The van der Waals surface area contributed by atoms with Crippen LogP contribution in [0.1, 0.15) is 12.8 Å². The lowest BCUT2D eigenvalue weighted by Crippen LogP contribution is -1.97. The van der Waals surface area contributed by atoms with Crippen molar-refractivity contribution in [1.82, 2.24) is 0 Å². The van der Waals surface area contributed by atoms with Gasteiger partial charge in [0.15, 0.2) is 0 Å². The third-order valence-electron chi connectivity index (χ3n) is 0.738. The van der Waals surface area contributed by atoms with Crippen LogP contribution in [0.15, 0.2) is 0 Å². The summed E-state index contributed by atoms with van der Waals surface area (Å²) in [6.07, 6.45) is 0.728. The Hall–Kier alpha value is 0.0800. The standard InChI is InChI=1S/C5H8BrFO/c6-4-5(8)2-1-3-7/h1-4H2. The van der Waals surface area contributed by atoms with Crippen LogP contribution in [0.5, 0.6) is 0 Å². The first kappa shape index (κ1) is 8.08. The van der Waals surface area contributed by atoms with Gasteiger partial charge in [-0.05, 0) is 6.42 Å². The van der Waals surface area contributed by atoms with Crippen LogP contribution in [0.2, 0.25) is 0 Å². The third kappa shape index (κ3) is 4.24. The fraction of sp³-hybridized carbons (Fsp3) is 0.800. The van der Waals surface area contributed by atoms with Crippen LogP contribution in [0.3, 0.4) is 0 Å². The van der Waals surface area contributed by atoms with E-state index in [1.54, 1.807) is 0 Å². The lowest BCUT2D eigenvalue weighted by Gasteiger charge is -1.88. The largest absolute Gasteiger partial charge is 0.299 e. The lowest BCUT2D eigenvalue weighted by atomic mass is 10.2. The van der Waals surface area contributed by atoms with Crippen molar-refractivity contribution in [3.8, 4) is 0 Å². The molecular weight excluding hydrogens is 175 g/mol. The van der Waals surface area contributed by atoms with E-state index in [2.05, 4.69) is 15.9 Å². The van der Waals surface area contributed by atoms with Crippen LogP contribution in [-0.4, -0.2) is 17.8 Å². The van der Waals surface area contributed by atoms with Crippen molar-refractivity contribution in [3.63, 3.8) is 0 Å². The quantitative estimate of drug-likeness (QED) is 0.606. The fourth-order valence-electron chi connectivity index (χ4n) is 0.331. The minimum absolute atomic E-state index is 0.0719. The minimum Gasteiger partial charge on any atom is -0.299 e. The molecule has 8 heavy (non-hydrogen) atoms. The van der Waals surface area contributed by atoms with Crippen molar-refractivity contribution in [2.75, 3.05) is 12.0 Å². The van der Waals surface area contributed by atoms with Gasteiger partial charge in [-0.1, -0.05) is 15.9 Å². The topological polar surface area (TPSA) is 17.1 Å². The number of ketones is 1. The molecule has 0 unspecified atom stereocenters. The van der Waals surface area contributed by atoms with Crippen LogP contribution in [0.25, 0.3) is 0 Å².